The van der Waals surface area contributed by atoms with Crippen LogP contribution in [0, 0.1) is 10.1 Å². The van der Waals surface area contributed by atoms with Gasteiger partial charge in [-0.25, -0.2) is 0 Å². The summed E-state index contributed by atoms with van der Waals surface area (Å²) >= 11 is 0. The van der Waals surface area contributed by atoms with Crippen LogP contribution in [0.5, 0.6) is 0 Å². The van der Waals surface area contributed by atoms with Crippen molar-refractivity contribution in [3.8, 4) is 0 Å². The number of benzene rings is 1. The molecule has 2 bridgehead atoms. The number of nitrogens with zero attached hydrogens (tertiary/aromatic N) is 3. The van der Waals surface area contributed by atoms with Crippen molar-refractivity contribution in [1.29, 1.82) is 0 Å². The Kier molecular flexibility index (Phi) is 2.93. The fourth-order valence-electron chi connectivity index (χ4n) is 3.41. The highest BCUT2D eigenvalue weighted by Gasteiger charge is 2.43. The zero-order valence-corrected chi connectivity index (χ0v) is 11.3. The second-order valence-electron chi connectivity index (χ2n) is 5.76. The second-order valence-corrected chi connectivity index (χ2v) is 5.76. The van der Waals surface area contributed by atoms with Crippen molar-refractivity contribution in [2.24, 2.45) is 0 Å². The number of piperazine rings is 1. The van der Waals surface area contributed by atoms with E-state index >= 15 is 0 Å². The standard InChI is InChI=1S/C14H19N3O2/c1-10(2)15-8-14-7-13(15)9-16(14)11-3-5-12(6-4-11)17(18)19/h3-6,10,13-14H,7-9H2,1-2H3/t13-,14+/m1/s1. The molecule has 2 saturated heterocycles. The Labute approximate surface area is 113 Å². The van der Waals surface area contributed by atoms with E-state index in [1.165, 1.54) is 6.42 Å². The Hall–Kier alpha value is -1.62. The van der Waals surface area contributed by atoms with E-state index < -0.39 is 0 Å². The number of rotatable bonds is 3. The minimum atomic E-state index is -0.347. The van der Waals surface area contributed by atoms with Gasteiger partial charge in [-0.1, -0.05) is 0 Å². The smallest absolute Gasteiger partial charge is 0.269 e. The van der Waals surface area contributed by atoms with Gasteiger partial charge in [0.05, 0.1) is 4.92 Å². The van der Waals surface area contributed by atoms with Crippen molar-refractivity contribution in [3.63, 3.8) is 0 Å². The van der Waals surface area contributed by atoms with Crippen LogP contribution in [0.15, 0.2) is 24.3 Å². The molecule has 0 N–H and O–H groups in total. The number of nitro groups is 1. The van der Waals surface area contributed by atoms with Crippen LogP contribution in [-0.4, -0.2) is 41.0 Å². The summed E-state index contributed by atoms with van der Waals surface area (Å²) in [6.45, 7) is 6.65. The molecule has 1 aromatic carbocycles. The Balaban J connectivity index is 1.74. The van der Waals surface area contributed by atoms with E-state index in [2.05, 4.69) is 23.6 Å². The molecule has 2 heterocycles. The molecule has 102 valence electrons. The predicted octanol–water partition coefficient (Wildman–Crippen LogP) is 2.27. The van der Waals surface area contributed by atoms with Crippen LogP contribution in [-0.2, 0) is 0 Å². The molecule has 0 unspecified atom stereocenters. The Morgan fingerprint density at radius 1 is 1.21 bits per heavy atom. The highest BCUT2D eigenvalue weighted by molar-refractivity contribution is 5.53. The van der Waals surface area contributed by atoms with Gasteiger partial charge in [0.1, 0.15) is 0 Å². The highest BCUT2D eigenvalue weighted by Crippen LogP contribution is 2.35. The van der Waals surface area contributed by atoms with E-state index in [1.807, 2.05) is 12.1 Å². The lowest BCUT2D eigenvalue weighted by atomic mass is 10.2. The third kappa shape index (κ3) is 2.08. The normalized spacial score (nSPS) is 26.4. The molecule has 2 aliphatic rings. The molecule has 2 aliphatic heterocycles. The molecule has 0 saturated carbocycles. The Bertz CT molecular complexity index is 486. The molecular weight excluding hydrogens is 242 g/mol. The molecule has 5 nitrogen and oxygen atoms in total. The average Bonchev–Trinajstić information content (AvgIpc) is 2.98. The summed E-state index contributed by atoms with van der Waals surface area (Å²) < 4.78 is 0. The van der Waals surface area contributed by atoms with Gasteiger partial charge < -0.3 is 4.90 Å². The SMILES string of the molecule is CC(C)N1C[C@@H]2C[C@@H]1CN2c1ccc([N+](=O)[O-])cc1. The van der Waals surface area contributed by atoms with Gasteiger partial charge in [-0.05, 0) is 32.4 Å². The monoisotopic (exact) mass is 261 g/mol. The zero-order chi connectivity index (χ0) is 13.6. The van der Waals surface area contributed by atoms with Gasteiger partial charge in [0.2, 0.25) is 0 Å². The van der Waals surface area contributed by atoms with Crippen molar-refractivity contribution in [2.75, 3.05) is 18.0 Å². The number of hydrogen-bond acceptors (Lipinski definition) is 4. The highest BCUT2D eigenvalue weighted by atomic mass is 16.6. The van der Waals surface area contributed by atoms with E-state index in [9.17, 15) is 10.1 Å². The summed E-state index contributed by atoms with van der Waals surface area (Å²) in [5.74, 6) is 0. The van der Waals surface area contributed by atoms with Gasteiger partial charge in [0, 0.05) is 49.0 Å². The van der Waals surface area contributed by atoms with Crippen molar-refractivity contribution < 1.29 is 4.92 Å². The van der Waals surface area contributed by atoms with Crippen LogP contribution < -0.4 is 4.90 Å². The number of fused-ring (bicyclic) bond motifs is 2. The molecule has 5 heteroatoms. The molecule has 0 amide bonds. The van der Waals surface area contributed by atoms with Crippen LogP contribution >= 0.6 is 0 Å². The summed E-state index contributed by atoms with van der Waals surface area (Å²) in [6.07, 6.45) is 1.22. The molecule has 2 atom stereocenters. The van der Waals surface area contributed by atoms with Crippen molar-refractivity contribution in [1.82, 2.24) is 4.90 Å². The van der Waals surface area contributed by atoms with Crippen molar-refractivity contribution in [3.05, 3.63) is 34.4 Å². The molecule has 0 radical (unpaired) electrons. The average molecular weight is 261 g/mol. The van der Waals surface area contributed by atoms with Gasteiger partial charge in [-0.2, -0.15) is 0 Å². The Morgan fingerprint density at radius 2 is 1.89 bits per heavy atom. The number of hydrogen-bond donors (Lipinski definition) is 0. The molecule has 0 aromatic heterocycles. The lowest BCUT2D eigenvalue weighted by molar-refractivity contribution is -0.384. The van der Waals surface area contributed by atoms with Gasteiger partial charge in [-0.15, -0.1) is 0 Å². The number of likely N-dealkylation sites (tertiary alicyclic amines) is 1. The maximum atomic E-state index is 10.7. The topological polar surface area (TPSA) is 49.6 Å². The van der Waals surface area contributed by atoms with Crippen LogP contribution in [0.3, 0.4) is 0 Å². The zero-order valence-electron chi connectivity index (χ0n) is 11.3. The molecule has 3 rings (SSSR count). The van der Waals surface area contributed by atoms with Gasteiger partial charge in [-0.3, -0.25) is 15.0 Å². The number of nitro benzene ring substituents is 1. The second kappa shape index (κ2) is 4.49. The van der Waals surface area contributed by atoms with Crippen molar-refractivity contribution >= 4 is 11.4 Å². The van der Waals surface area contributed by atoms with E-state index in [0.29, 0.717) is 18.1 Å². The molecule has 1 aromatic rings. The lowest BCUT2D eigenvalue weighted by Gasteiger charge is -2.37. The fourth-order valence-corrected chi connectivity index (χ4v) is 3.41. The fraction of sp³-hybridized carbons (Fsp3) is 0.571. The first-order valence-electron chi connectivity index (χ1n) is 6.83. The lowest BCUT2D eigenvalue weighted by Crippen LogP contribution is -2.48. The molecular formula is C14H19N3O2. The third-order valence-corrected chi connectivity index (χ3v) is 4.34. The summed E-state index contributed by atoms with van der Waals surface area (Å²) in [4.78, 5) is 15.3. The van der Waals surface area contributed by atoms with Gasteiger partial charge >= 0.3 is 0 Å². The largest absolute Gasteiger partial charge is 0.366 e. The summed E-state index contributed by atoms with van der Waals surface area (Å²) in [7, 11) is 0. The van der Waals surface area contributed by atoms with Crippen LogP contribution in [0.4, 0.5) is 11.4 Å². The molecule has 0 aliphatic carbocycles. The van der Waals surface area contributed by atoms with E-state index in [0.717, 1.165) is 18.8 Å². The number of non-ortho nitro benzene ring substituents is 1. The van der Waals surface area contributed by atoms with Crippen LogP contribution in [0.2, 0.25) is 0 Å². The minimum absolute atomic E-state index is 0.164. The Morgan fingerprint density at radius 3 is 2.37 bits per heavy atom. The summed E-state index contributed by atoms with van der Waals surface area (Å²) in [5, 5.41) is 10.7. The first-order chi connectivity index (χ1) is 9.06. The minimum Gasteiger partial charge on any atom is -0.366 e. The van der Waals surface area contributed by atoms with Gasteiger partial charge in [0.25, 0.3) is 5.69 Å². The van der Waals surface area contributed by atoms with E-state index in [1.54, 1.807) is 12.1 Å². The maximum Gasteiger partial charge on any atom is 0.269 e. The first-order valence-corrected chi connectivity index (χ1v) is 6.83. The quantitative estimate of drug-likeness (QED) is 0.618. The van der Waals surface area contributed by atoms with Crippen molar-refractivity contribution in [2.45, 2.75) is 38.4 Å². The molecule has 0 spiro atoms. The van der Waals surface area contributed by atoms with E-state index in [4.69, 9.17) is 0 Å². The molecule has 19 heavy (non-hydrogen) atoms. The third-order valence-electron chi connectivity index (χ3n) is 4.34. The van der Waals surface area contributed by atoms with Crippen LogP contribution in [0.25, 0.3) is 0 Å². The van der Waals surface area contributed by atoms with Crippen LogP contribution in [0.1, 0.15) is 20.3 Å². The van der Waals surface area contributed by atoms with E-state index in [-0.39, 0.29) is 10.6 Å². The molecule has 2 fully saturated rings. The number of anilines is 1. The maximum absolute atomic E-state index is 10.7. The predicted molar refractivity (Wildman–Crippen MR) is 74.5 cm³/mol. The summed E-state index contributed by atoms with van der Waals surface area (Å²) in [5.41, 5.74) is 1.28. The summed E-state index contributed by atoms with van der Waals surface area (Å²) in [6, 6.07) is 8.75. The first kappa shape index (κ1) is 12.4. The van der Waals surface area contributed by atoms with Gasteiger partial charge in [0.15, 0.2) is 0 Å².